The number of nitrogens with one attached hydrogen (secondary N) is 3. The molecule has 0 bridgehead atoms. The first-order valence-electron chi connectivity index (χ1n) is 12.2. The van der Waals surface area contributed by atoms with Crippen LogP contribution in [0.15, 0.2) is 71.7 Å². The van der Waals surface area contributed by atoms with Crippen LogP contribution in [0.25, 0.3) is 10.9 Å². The van der Waals surface area contributed by atoms with Crippen molar-refractivity contribution in [2.24, 2.45) is 0 Å². The molecule has 0 aliphatic carbocycles. The van der Waals surface area contributed by atoms with Crippen LogP contribution < -0.4 is 21.3 Å². The summed E-state index contributed by atoms with van der Waals surface area (Å²) >= 11 is 0. The number of hydrogen-bond acceptors (Lipinski definition) is 6. The molecule has 0 radical (unpaired) electrons. The molecule has 0 saturated carbocycles. The van der Waals surface area contributed by atoms with Gasteiger partial charge in [0.05, 0.1) is 17.2 Å². The number of aromatic amines is 1. The molecule has 2 aliphatic heterocycles. The van der Waals surface area contributed by atoms with Crippen LogP contribution in [0.1, 0.15) is 41.1 Å². The number of benzene rings is 2. The molecule has 1 saturated heterocycles. The summed E-state index contributed by atoms with van der Waals surface area (Å²) in [5.74, 6) is 1.03. The average Bonchev–Trinajstić information content (AvgIpc) is 3.30. The van der Waals surface area contributed by atoms with Gasteiger partial charge < -0.3 is 20.2 Å². The van der Waals surface area contributed by atoms with Crippen LogP contribution in [0.2, 0.25) is 0 Å². The van der Waals surface area contributed by atoms with Gasteiger partial charge in [0.1, 0.15) is 5.82 Å². The number of fused-ring (bicyclic) bond motifs is 2. The molecule has 0 amide bonds. The van der Waals surface area contributed by atoms with Gasteiger partial charge in [0.25, 0.3) is 5.56 Å². The van der Waals surface area contributed by atoms with E-state index in [1.807, 2.05) is 36.5 Å². The Hall–Kier alpha value is -3.68. The largest absolute Gasteiger partial charge is 0.354 e. The van der Waals surface area contributed by atoms with Crippen molar-refractivity contribution in [3.05, 3.63) is 99.5 Å². The Morgan fingerprint density at radius 2 is 1.80 bits per heavy atom. The number of aromatic nitrogens is 2. The lowest BCUT2D eigenvalue weighted by molar-refractivity contribution is 0.312. The minimum Gasteiger partial charge on any atom is -0.354 e. The first-order chi connectivity index (χ1) is 17.1. The molecule has 0 spiro atoms. The van der Waals surface area contributed by atoms with Gasteiger partial charge in [-0.15, -0.1) is 0 Å². The van der Waals surface area contributed by atoms with Crippen LogP contribution in [0, 0.1) is 0 Å². The quantitative estimate of drug-likeness (QED) is 0.424. The van der Waals surface area contributed by atoms with Crippen molar-refractivity contribution in [3.8, 4) is 0 Å². The molecule has 7 heteroatoms. The van der Waals surface area contributed by atoms with Crippen LogP contribution in [-0.4, -0.2) is 48.1 Å². The Kier molecular flexibility index (Phi) is 5.51. The zero-order valence-corrected chi connectivity index (χ0v) is 20.1. The monoisotopic (exact) mass is 466 g/mol. The molecule has 4 heterocycles. The Labute approximate surface area is 204 Å². The molecule has 2 aromatic carbocycles. The molecule has 2 unspecified atom stereocenters. The minimum absolute atomic E-state index is 0.00513. The number of likely N-dealkylation sites (N-methyl/N-ethyl adjacent to an activating group) is 1. The number of piperazine rings is 1. The van der Waals surface area contributed by atoms with Crippen LogP contribution in [0.4, 0.5) is 11.5 Å². The van der Waals surface area contributed by atoms with Gasteiger partial charge in [-0.3, -0.25) is 4.79 Å². The Bertz CT molecular complexity index is 1420. The van der Waals surface area contributed by atoms with Crippen LogP contribution >= 0.6 is 0 Å². The normalized spacial score (nSPS) is 18.9. The molecule has 2 aliphatic rings. The lowest BCUT2D eigenvalue weighted by Crippen LogP contribution is -2.44. The topological polar surface area (TPSA) is 76.3 Å². The predicted octanol–water partition coefficient (Wildman–Crippen LogP) is 3.85. The molecule has 2 atom stereocenters. The summed E-state index contributed by atoms with van der Waals surface area (Å²) in [7, 11) is 2.16. The first kappa shape index (κ1) is 21.8. The zero-order valence-electron chi connectivity index (χ0n) is 20.1. The number of hydrazine groups is 1. The average molecular weight is 467 g/mol. The third-order valence-corrected chi connectivity index (χ3v) is 7.40. The fraction of sp³-hybridized carbons (Fsp3) is 0.286. The highest BCUT2D eigenvalue weighted by Crippen LogP contribution is 2.37. The predicted molar refractivity (Wildman–Crippen MR) is 141 cm³/mol. The lowest BCUT2D eigenvalue weighted by atomic mass is 9.92. The highest BCUT2D eigenvalue weighted by atomic mass is 16.1. The molecular weight excluding hydrogens is 436 g/mol. The van der Waals surface area contributed by atoms with Gasteiger partial charge in [-0.05, 0) is 53.9 Å². The molecular formula is C28H30N6O. The summed E-state index contributed by atoms with van der Waals surface area (Å²) in [5.41, 5.74) is 12.8. The first-order valence-corrected chi connectivity index (χ1v) is 12.2. The third-order valence-electron chi connectivity index (χ3n) is 7.40. The summed E-state index contributed by atoms with van der Waals surface area (Å²) in [6, 6.07) is 20.7. The lowest BCUT2D eigenvalue weighted by Gasteiger charge is -2.33. The van der Waals surface area contributed by atoms with E-state index in [4.69, 9.17) is 0 Å². The van der Waals surface area contributed by atoms with E-state index in [1.165, 1.54) is 11.1 Å². The van der Waals surface area contributed by atoms with E-state index >= 15 is 0 Å². The third kappa shape index (κ3) is 4.07. The maximum absolute atomic E-state index is 12.9. The van der Waals surface area contributed by atoms with Crippen molar-refractivity contribution in [2.45, 2.75) is 18.9 Å². The number of nitrogens with zero attached hydrogens (tertiary/aromatic N) is 3. The van der Waals surface area contributed by atoms with Gasteiger partial charge in [0, 0.05) is 49.4 Å². The van der Waals surface area contributed by atoms with E-state index in [0.29, 0.717) is 0 Å². The fourth-order valence-corrected chi connectivity index (χ4v) is 5.19. The Morgan fingerprint density at radius 3 is 2.60 bits per heavy atom. The number of anilines is 2. The maximum Gasteiger partial charge on any atom is 0.252 e. The molecule has 178 valence electrons. The Balaban J connectivity index is 1.35. The molecule has 3 N–H and O–H groups in total. The molecule has 35 heavy (non-hydrogen) atoms. The second-order valence-electron chi connectivity index (χ2n) is 9.65. The van der Waals surface area contributed by atoms with Gasteiger partial charge in [0.2, 0.25) is 0 Å². The summed E-state index contributed by atoms with van der Waals surface area (Å²) in [6.07, 6.45) is 1.90. The minimum atomic E-state index is -0.0396. The van der Waals surface area contributed by atoms with Crippen LogP contribution in [-0.2, 0) is 0 Å². The van der Waals surface area contributed by atoms with Crippen LogP contribution in [0.3, 0.4) is 0 Å². The molecule has 1 fully saturated rings. The highest BCUT2D eigenvalue weighted by Gasteiger charge is 2.26. The fourth-order valence-electron chi connectivity index (χ4n) is 5.19. The van der Waals surface area contributed by atoms with Crippen molar-refractivity contribution in [1.82, 2.24) is 20.3 Å². The number of H-pyrrole nitrogens is 1. The summed E-state index contributed by atoms with van der Waals surface area (Å²) < 4.78 is 0. The van der Waals surface area contributed by atoms with Gasteiger partial charge in [0.15, 0.2) is 0 Å². The van der Waals surface area contributed by atoms with Crippen molar-refractivity contribution >= 4 is 22.4 Å². The zero-order chi connectivity index (χ0) is 23.9. The summed E-state index contributed by atoms with van der Waals surface area (Å²) in [6.45, 7) is 6.15. The summed E-state index contributed by atoms with van der Waals surface area (Å²) in [4.78, 5) is 25.4. The van der Waals surface area contributed by atoms with Gasteiger partial charge in [-0.1, -0.05) is 37.3 Å². The van der Waals surface area contributed by atoms with Gasteiger partial charge >= 0.3 is 0 Å². The molecule has 7 nitrogen and oxygen atoms in total. The van der Waals surface area contributed by atoms with Crippen molar-refractivity contribution in [2.75, 3.05) is 43.6 Å². The summed E-state index contributed by atoms with van der Waals surface area (Å²) in [5, 5.41) is 1.03. The SMILES string of the molecule is CC(c1ccccc1)c1cc2cc3c(cc2[nH]c1=O)NNC3c1ccnc(N2CCN(C)CC2)c1. The van der Waals surface area contributed by atoms with Crippen LogP contribution in [0.5, 0.6) is 0 Å². The van der Waals surface area contributed by atoms with E-state index in [-0.39, 0.29) is 17.5 Å². The highest BCUT2D eigenvalue weighted by molar-refractivity contribution is 5.86. The number of hydrogen-bond donors (Lipinski definition) is 3. The van der Waals surface area contributed by atoms with E-state index in [9.17, 15) is 4.79 Å². The number of rotatable bonds is 4. The Morgan fingerprint density at radius 1 is 1.00 bits per heavy atom. The second-order valence-corrected chi connectivity index (χ2v) is 9.65. The van der Waals surface area contributed by atoms with Gasteiger partial charge in [-0.2, -0.15) is 0 Å². The van der Waals surface area contributed by atoms with E-state index in [0.717, 1.165) is 59.7 Å². The van der Waals surface area contributed by atoms with Gasteiger partial charge in [-0.25, -0.2) is 10.4 Å². The van der Waals surface area contributed by atoms with E-state index in [2.05, 4.69) is 74.9 Å². The smallest absolute Gasteiger partial charge is 0.252 e. The number of pyridine rings is 2. The van der Waals surface area contributed by atoms with E-state index in [1.54, 1.807) is 0 Å². The van der Waals surface area contributed by atoms with Crippen molar-refractivity contribution < 1.29 is 0 Å². The molecule has 6 rings (SSSR count). The molecule has 4 aromatic rings. The van der Waals surface area contributed by atoms with E-state index < -0.39 is 0 Å². The van der Waals surface area contributed by atoms with Crippen molar-refractivity contribution in [1.29, 1.82) is 0 Å². The second kappa shape index (κ2) is 8.83. The maximum atomic E-state index is 12.9. The van der Waals surface area contributed by atoms with Crippen molar-refractivity contribution in [3.63, 3.8) is 0 Å². The molecule has 2 aromatic heterocycles. The standard InChI is InChI=1S/C28H30N6O/c1-18(19-6-4-3-5-7-19)22-14-21-15-23-25(17-24(21)30-28(22)35)31-32-27(23)20-8-9-29-26(16-20)34-12-10-33(2)11-13-34/h3-9,14-18,27,31-32H,10-13H2,1-2H3,(H,30,35).